The van der Waals surface area contributed by atoms with E-state index in [-0.39, 0.29) is 46.8 Å². The van der Waals surface area contributed by atoms with Crippen LogP contribution >= 0.6 is 23.7 Å². The second kappa shape index (κ2) is 12.5. The zero-order valence-electron chi connectivity index (χ0n) is 19.1. The van der Waals surface area contributed by atoms with Crippen LogP contribution in [0.3, 0.4) is 0 Å². The maximum atomic E-state index is 14.2. The number of nitrogens with two attached hydrogens (primary N) is 1. The van der Waals surface area contributed by atoms with Gasteiger partial charge in [0.25, 0.3) is 0 Å². The van der Waals surface area contributed by atoms with Crippen molar-refractivity contribution in [3.63, 3.8) is 0 Å². The molecular formula is C23H29ClFN3O5S. The molecule has 0 saturated heterocycles. The lowest BCUT2D eigenvalue weighted by atomic mass is 9.77. The molecule has 0 radical (unpaired) electrons. The van der Waals surface area contributed by atoms with Crippen LogP contribution < -0.4 is 15.8 Å². The molecule has 1 atom stereocenters. The van der Waals surface area contributed by atoms with Gasteiger partial charge in [-0.05, 0) is 56.0 Å². The Bertz CT molecular complexity index is 1050. The van der Waals surface area contributed by atoms with Gasteiger partial charge < -0.3 is 20.9 Å². The third-order valence-corrected chi connectivity index (χ3v) is 6.73. The summed E-state index contributed by atoms with van der Waals surface area (Å²) in [5.41, 5.74) is 4.67. The molecule has 0 aliphatic heterocycles. The molecule has 0 aliphatic carbocycles. The van der Waals surface area contributed by atoms with Gasteiger partial charge in [0, 0.05) is 10.4 Å². The summed E-state index contributed by atoms with van der Waals surface area (Å²) in [6.45, 7) is 5.41. The van der Waals surface area contributed by atoms with E-state index < -0.39 is 29.2 Å². The summed E-state index contributed by atoms with van der Waals surface area (Å²) in [5, 5.41) is 19.2. The van der Waals surface area contributed by atoms with Crippen molar-refractivity contribution in [2.45, 2.75) is 52.5 Å². The number of ether oxygens (including phenoxy) is 1. The van der Waals surface area contributed by atoms with E-state index in [0.717, 1.165) is 22.3 Å². The van der Waals surface area contributed by atoms with Crippen LogP contribution in [0.4, 0.5) is 4.39 Å². The Morgan fingerprint density at radius 2 is 1.85 bits per heavy atom. The number of carbonyl (C=O) groups is 3. The highest BCUT2D eigenvalue weighted by Gasteiger charge is 2.37. The first-order valence-corrected chi connectivity index (χ1v) is 11.4. The second-order valence-corrected chi connectivity index (χ2v) is 8.82. The van der Waals surface area contributed by atoms with Crippen LogP contribution in [0.2, 0.25) is 0 Å². The molecule has 5 N–H and O–H groups in total. The van der Waals surface area contributed by atoms with Gasteiger partial charge >= 0.3 is 11.9 Å². The second-order valence-electron chi connectivity index (χ2n) is 7.65. The van der Waals surface area contributed by atoms with Gasteiger partial charge in [-0.2, -0.15) is 0 Å². The van der Waals surface area contributed by atoms with Crippen LogP contribution in [0.15, 0.2) is 30.3 Å². The molecule has 0 saturated carbocycles. The lowest BCUT2D eigenvalue weighted by Crippen LogP contribution is -2.48. The SMILES string of the molecule is CC[C@H](NC(=O)C(CC)(CC)Cc1ccc(C(=O)Oc2ccc(C(=N)N)cc2F)s1)C(=O)O.Cl. The third-order valence-electron chi connectivity index (χ3n) is 5.67. The van der Waals surface area contributed by atoms with E-state index in [2.05, 4.69) is 5.32 Å². The van der Waals surface area contributed by atoms with Crippen LogP contribution in [0.1, 0.15) is 60.1 Å². The van der Waals surface area contributed by atoms with E-state index >= 15 is 0 Å². The predicted octanol–water partition coefficient (Wildman–Crippen LogP) is 4.14. The first kappa shape index (κ1) is 29.1. The van der Waals surface area contributed by atoms with E-state index in [1.807, 2.05) is 13.8 Å². The maximum absolute atomic E-state index is 14.2. The Hall–Kier alpha value is -2.98. The van der Waals surface area contributed by atoms with E-state index in [0.29, 0.717) is 19.3 Å². The van der Waals surface area contributed by atoms with Crippen molar-refractivity contribution in [3.8, 4) is 5.75 Å². The molecule has 34 heavy (non-hydrogen) atoms. The third kappa shape index (κ3) is 6.77. The first-order valence-electron chi connectivity index (χ1n) is 10.5. The molecule has 8 nitrogen and oxygen atoms in total. The minimum atomic E-state index is -1.09. The van der Waals surface area contributed by atoms with Crippen LogP contribution in [0.5, 0.6) is 5.75 Å². The molecule has 0 unspecified atom stereocenters. The number of hydrogen-bond acceptors (Lipinski definition) is 6. The zero-order valence-corrected chi connectivity index (χ0v) is 20.8. The molecule has 2 rings (SSSR count). The van der Waals surface area contributed by atoms with Gasteiger partial charge in [0.2, 0.25) is 5.91 Å². The summed E-state index contributed by atoms with van der Waals surface area (Å²) >= 11 is 1.13. The van der Waals surface area contributed by atoms with Gasteiger partial charge in [0.15, 0.2) is 11.6 Å². The summed E-state index contributed by atoms with van der Waals surface area (Å²) in [6, 6.07) is 5.91. The average molecular weight is 514 g/mol. The number of halogens is 2. The number of esters is 1. The Morgan fingerprint density at radius 3 is 2.35 bits per heavy atom. The summed E-state index contributed by atoms with van der Waals surface area (Å²) in [4.78, 5) is 37.8. The number of amidine groups is 1. The van der Waals surface area contributed by atoms with Gasteiger partial charge in [-0.3, -0.25) is 10.2 Å². The fourth-order valence-electron chi connectivity index (χ4n) is 3.37. The monoisotopic (exact) mass is 513 g/mol. The number of rotatable bonds is 11. The molecule has 2 aromatic rings. The van der Waals surface area contributed by atoms with Gasteiger partial charge in [-0.15, -0.1) is 23.7 Å². The van der Waals surface area contributed by atoms with Crippen LogP contribution in [0.25, 0.3) is 0 Å². The van der Waals surface area contributed by atoms with Crippen LogP contribution in [-0.4, -0.2) is 34.8 Å². The summed E-state index contributed by atoms with van der Waals surface area (Å²) < 4.78 is 19.3. The molecule has 0 bridgehead atoms. The van der Waals surface area contributed by atoms with Gasteiger partial charge in [0.05, 0.1) is 5.41 Å². The molecule has 1 amide bonds. The number of carboxylic acids is 1. The maximum Gasteiger partial charge on any atom is 0.353 e. The average Bonchev–Trinajstić information content (AvgIpc) is 3.25. The number of carbonyl (C=O) groups excluding carboxylic acids is 2. The number of hydrogen-bond donors (Lipinski definition) is 4. The number of carboxylic acid groups (broad SMARTS) is 1. The van der Waals surface area contributed by atoms with E-state index in [9.17, 15) is 23.9 Å². The normalized spacial score (nSPS) is 11.8. The van der Waals surface area contributed by atoms with Crippen molar-refractivity contribution in [2.24, 2.45) is 11.1 Å². The summed E-state index contributed by atoms with van der Waals surface area (Å²) in [5.74, 6) is -3.58. The van der Waals surface area contributed by atoms with Crippen LogP contribution in [0, 0.1) is 16.6 Å². The number of nitrogen functional groups attached to an aromatic ring is 1. The molecule has 1 aromatic heterocycles. The number of thiophene rings is 1. The highest BCUT2D eigenvalue weighted by atomic mass is 35.5. The van der Waals surface area contributed by atoms with E-state index in [1.54, 1.807) is 19.1 Å². The van der Waals surface area contributed by atoms with Crippen LogP contribution in [-0.2, 0) is 16.0 Å². The Labute approximate surface area is 207 Å². The fourth-order valence-corrected chi connectivity index (χ4v) is 4.40. The lowest BCUT2D eigenvalue weighted by Gasteiger charge is -2.31. The molecule has 1 heterocycles. The number of nitrogens with one attached hydrogen (secondary N) is 2. The molecule has 0 spiro atoms. The van der Waals surface area contributed by atoms with Gasteiger partial charge in [-0.25, -0.2) is 14.0 Å². The number of aliphatic carboxylic acids is 1. The fraction of sp³-hybridized carbons (Fsp3) is 0.391. The number of benzene rings is 1. The summed E-state index contributed by atoms with van der Waals surface area (Å²) in [6.07, 6.45) is 1.55. The zero-order chi connectivity index (χ0) is 24.8. The molecule has 0 fully saturated rings. The van der Waals surface area contributed by atoms with Crippen molar-refractivity contribution in [1.29, 1.82) is 5.41 Å². The summed E-state index contributed by atoms with van der Waals surface area (Å²) in [7, 11) is 0. The quantitative estimate of drug-likeness (QED) is 0.154. The van der Waals surface area contributed by atoms with Crippen molar-refractivity contribution in [3.05, 3.63) is 51.5 Å². The molecule has 0 aliphatic rings. The minimum absolute atomic E-state index is 0. The highest BCUT2D eigenvalue weighted by Crippen LogP contribution is 2.34. The molecule has 11 heteroatoms. The topological polar surface area (TPSA) is 143 Å². The predicted molar refractivity (Wildman–Crippen MR) is 131 cm³/mol. The van der Waals surface area contributed by atoms with Gasteiger partial charge in [-0.1, -0.05) is 20.8 Å². The minimum Gasteiger partial charge on any atom is -0.480 e. The van der Waals surface area contributed by atoms with Gasteiger partial charge in [0.1, 0.15) is 16.8 Å². The Balaban J connectivity index is 0.00000578. The standard InChI is InChI=1S/C23H28FN3O5S.ClH/c1-4-16(20(28)29)27-22(31)23(5-2,6-3)12-14-8-10-18(33-14)21(30)32-17-9-7-13(19(25)26)11-15(17)24;/h7-11,16H,4-6,12H2,1-3H3,(H3,25,26)(H,27,31)(H,28,29);1H/t16-;/m0./s1. The van der Waals surface area contributed by atoms with Crippen molar-refractivity contribution in [1.82, 2.24) is 5.32 Å². The Morgan fingerprint density at radius 1 is 1.21 bits per heavy atom. The lowest BCUT2D eigenvalue weighted by molar-refractivity contribution is -0.144. The highest BCUT2D eigenvalue weighted by molar-refractivity contribution is 7.14. The molecular weight excluding hydrogens is 485 g/mol. The smallest absolute Gasteiger partial charge is 0.353 e. The first-order chi connectivity index (χ1) is 15.6. The number of amides is 1. The van der Waals surface area contributed by atoms with Crippen molar-refractivity contribution in [2.75, 3.05) is 0 Å². The largest absolute Gasteiger partial charge is 0.480 e. The molecule has 1 aromatic carbocycles. The van der Waals surface area contributed by atoms with E-state index in [1.165, 1.54) is 12.1 Å². The van der Waals surface area contributed by atoms with E-state index in [4.69, 9.17) is 15.9 Å². The Kier molecular flexibility index (Phi) is 10.7. The molecule has 186 valence electrons. The van der Waals surface area contributed by atoms with Crippen molar-refractivity contribution < 1.29 is 28.6 Å². The van der Waals surface area contributed by atoms with Crippen molar-refractivity contribution >= 4 is 47.4 Å².